The van der Waals surface area contributed by atoms with Crippen molar-refractivity contribution in [2.24, 2.45) is 11.5 Å². The van der Waals surface area contributed by atoms with Gasteiger partial charge in [-0.2, -0.15) is 0 Å². The van der Waals surface area contributed by atoms with Crippen LogP contribution in [0.1, 0.15) is 12.8 Å². The zero-order valence-electron chi connectivity index (χ0n) is 25.4. The van der Waals surface area contributed by atoms with Crippen molar-refractivity contribution in [1.82, 2.24) is 10.6 Å². The number of nitrogens with two attached hydrogens (primary N) is 2. The maximum Gasteiger partial charge on any atom is 0.404 e. The largest absolute Gasteiger partial charge is 0.447 e. The van der Waals surface area contributed by atoms with Crippen LogP contribution < -0.4 is 22.1 Å². The lowest BCUT2D eigenvalue weighted by Gasteiger charge is -2.09. The minimum atomic E-state index is -0.841. The molecule has 0 fully saturated rings. The summed E-state index contributed by atoms with van der Waals surface area (Å²) in [6.45, 7) is 6.36. The fourth-order valence-corrected chi connectivity index (χ4v) is 2.84. The summed E-state index contributed by atoms with van der Waals surface area (Å²) in [7, 11) is 0. The molecule has 4 amide bonds. The Labute approximate surface area is 257 Å². The molecule has 0 aromatic heterocycles. The van der Waals surface area contributed by atoms with Gasteiger partial charge in [-0.15, -0.1) is 0 Å². The third-order valence-corrected chi connectivity index (χ3v) is 4.89. The number of hydrogen-bond donors (Lipinski definition) is 4. The summed E-state index contributed by atoms with van der Waals surface area (Å²) in [5, 5.41) is 5.45. The lowest BCUT2D eigenvalue weighted by molar-refractivity contribution is -0.123. The van der Waals surface area contributed by atoms with Crippen LogP contribution in [0.4, 0.5) is 9.59 Å². The minimum absolute atomic E-state index is 0.0931. The van der Waals surface area contributed by atoms with Crippen LogP contribution in [-0.2, 0) is 57.0 Å². The molecule has 0 saturated heterocycles. The van der Waals surface area contributed by atoms with Crippen LogP contribution in [0.25, 0.3) is 0 Å². The second kappa shape index (κ2) is 33.1. The van der Waals surface area contributed by atoms with Gasteiger partial charge in [0.1, 0.15) is 13.2 Å². The molecular weight excluding hydrogens is 592 g/mol. The van der Waals surface area contributed by atoms with Crippen molar-refractivity contribution < 1.29 is 66.5 Å². The highest BCUT2D eigenvalue weighted by molar-refractivity contribution is 5.76. The van der Waals surface area contributed by atoms with Gasteiger partial charge in [0.05, 0.1) is 106 Å². The molecule has 0 unspecified atom stereocenters. The lowest BCUT2D eigenvalue weighted by atomic mass is 10.4. The molecule has 0 aliphatic rings. The maximum absolute atomic E-state index is 11.7. The molecule has 6 N–H and O–H groups in total. The van der Waals surface area contributed by atoms with Gasteiger partial charge in [-0.1, -0.05) is 0 Å². The summed E-state index contributed by atoms with van der Waals surface area (Å²) < 4.78 is 51.5. The number of rotatable bonds is 33. The number of amides is 4. The highest BCUT2D eigenvalue weighted by Gasteiger charge is 2.03. The average Bonchev–Trinajstić information content (AvgIpc) is 2.98. The molecule has 0 spiro atoms. The lowest BCUT2D eigenvalue weighted by Crippen LogP contribution is -2.28. The number of carbonyl (C=O) groups is 4. The van der Waals surface area contributed by atoms with Gasteiger partial charge in [-0.25, -0.2) is 9.59 Å². The van der Waals surface area contributed by atoms with Crippen molar-refractivity contribution >= 4 is 24.0 Å². The van der Waals surface area contributed by atoms with Crippen LogP contribution in [-0.4, -0.2) is 156 Å². The first-order valence-corrected chi connectivity index (χ1v) is 14.4. The predicted molar refractivity (Wildman–Crippen MR) is 153 cm³/mol. The van der Waals surface area contributed by atoms with Crippen molar-refractivity contribution in [3.05, 3.63) is 0 Å². The van der Waals surface area contributed by atoms with E-state index in [2.05, 4.69) is 20.1 Å². The van der Waals surface area contributed by atoms with Gasteiger partial charge in [0.15, 0.2) is 0 Å². The first kappa shape index (κ1) is 41.2. The highest BCUT2D eigenvalue weighted by Crippen LogP contribution is 1.88. The molecule has 0 aromatic carbocycles. The van der Waals surface area contributed by atoms with E-state index < -0.39 is 12.2 Å². The van der Waals surface area contributed by atoms with Gasteiger partial charge in [0.2, 0.25) is 11.8 Å². The van der Waals surface area contributed by atoms with E-state index in [-0.39, 0.29) is 64.3 Å². The Morgan fingerprint density at radius 3 is 0.909 bits per heavy atom. The minimum Gasteiger partial charge on any atom is -0.447 e. The SMILES string of the molecule is NC(=O)OCCOCCOCCNC(=O)CCOCCOCCOCCOCCC(=O)NCCOCCOCCOC(N)=O. The predicted octanol–water partition coefficient (Wildman–Crippen LogP) is -1.68. The van der Waals surface area contributed by atoms with Crippen LogP contribution in [0.3, 0.4) is 0 Å². The molecule has 18 heteroatoms. The number of hydrogen-bond acceptors (Lipinski definition) is 14. The Hall–Kier alpha value is -2.84. The van der Waals surface area contributed by atoms with Crippen LogP contribution in [0, 0.1) is 0 Å². The van der Waals surface area contributed by atoms with Crippen LogP contribution in [0.2, 0.25) is 0 Å². The molecular formula is C26H50N4O14. The standard InChI is InChI=1S/C26H50N4O14/c27-25(33)43-21-19-41-15-11-37-7-3-29-23(31)1-5-35-9-13-39-17-18-40-14-10-36-6-2-24(32)30-4-8-38-12-16-42-20-22-44-26(28)34/h1-22H2,(H2,27,33)(H2,28,34)(H,29,31)(H,30,32). The molecule has 0 atom stereocenters. The molecule has 0 aromatic rings. The van der Waals surface area contributed by atoms with E-state index in [1.165, 1.54) is 0 Å². The van der Waals surface area contributed by atoms with E-state index in [0.717, 1.165) is 0 Å². The summed E-state index contributed by atoms with van der Waals surface area (Å²) in [4.78, 5) is 44.2. The van der Waals surface area contributed by atoms with Crippen molar-refractivity contribution in [2.45, 2.75) is 12.8 Å². The molecule has 0 bridgehead atoms. The summed E-state index contributed by atoms with van der Waals surface area (Å²) in [5.74, 6) is -0.275. The molecule has 44 heavy (non-hydrogen) atoms. The third kappa shape index (κ3) is 35.4. The second-order valence-electron chi connectivity index (χ2n) is 8.43. The van der Waals surface area contributed by atoms with Crippen LogP contribution >= 0.6 is 0 Å². The third-order valence-electron chi connectivity index (χ3n) is 4.89. The number of carbonyl (C=O) groups excluding carboxylic acids is 4. The Balaban J connectivity index is 3.24. The van der Waals surface area contributed by atoms with Crippen molar-refractivity contribution in [2.75, 3.05) is 132 Å². The molecule has 0 aliphatic heterocycles. The van der Waals surface area contributed by atoms with Gasteiger partial charge in [-0.3, -0.25) is 9.59 Å². The number of ether oxygens (including phenoxy) is 10. The zero-order chi connectivity index (χ0) is 32.4. The quantitative estimate of drug-likeness (QED) is 0.0586. The Morgan fingerprint density at radius 2 is 0.614 bits per heavy atom. The first-order chi connectivity index (χ1) is 21.4. The van der Waals surface area contributed by atoms with Crippen molar-refractivity contribution in [3.63, 3.8) is 0 Å². The Morgan fingerprint density at radius 1 is 0.364 bits per heavy atom. The van der Waals surface area contributed by atoms with E-state index in [1.807, 2.05) is 0 Å². The summed E-state index contributed by atoms with van der Waals surface area (Å²) >= 11 is 0. The van der Waals surface area contributed by atoms with E-state index in [4.69, 9.17) is 49.4 Å². The fourth-order valence-electron chi connectivity index (χ4n) is 2.84. The summed E-state index contributed by atoms with van der Waals surface area (Å²) in [5.41, 5.74) is 9.63. The summed E-state index contributed by atoms with van der Waals surface area (Å²) in [6.07, 6.45) is -1.21. The zero-order valence-corrected chi connectivity index (χ0v) is 25.4. The van der Waals surface area contributed by atoms with Gasteiger partial charge in [0, 0.05) is 25.9 Å². The Bertz CT molecular complexity index is 662. The molecule has 0 aliphatic carbocycles. The fraction of sp³-hybridized carbons (Fsp3) is 0.846. The van der Waals surface area contributed by atoms with Gasteiger partial charge in [-0.05, 0) is 0 Å². The molecule has 0 saturated carbocycles. The molecule has 0 radical (unpaired) electrons. The topological polar surface area (TPSA) is 237 Å². The molecule has 258 valence electrons. The Kier molecular flexibility index (Phi) is 30.9. The smallest absolute Gasteiger partial charge is 0.404 e. The molecule has 0 heterocycles. The molecule has 0 rings (SSSR count). The van der Waals surface area contributed by atoms with E-state index in [0.29, 0.717) is 92.4 Å². The first-order valence-electron chi connectivity index (χ1n) is 14.4. The van der Waals surface area contributed by atoms with Crippen molar-refractivity contribution in [3.8, 4) is 0 Å². The monoisotopic (exact) mass is 642 g/mol. The van der Waals surface area contributed by atoms with Crippen LogP contribution in [0.5, 0.6) is 0 Å². The molecule has 18 nitrogen and oxygen atoms in total. The van der Waals surface area contributed by atoms with E-state index >= 15 is 0 Å². The van der Waals surface area contributed by atoms with Gasteiger partial charge < -0.3 is 69.5 Å². The number of nitrogens with one attached hydrogen (secondary N) is 2. The maximum atomic E-state index is 11.7. The van der Waals surface area contributed by atoms with Crippen molar-refractivity contribution in [1.29, 1.82) is 0 Å². The number of primary amides is 2. The van der Waals surface area contributed by atoms with E-state index in [1.54, 1.807) is 0 Å². The highest BCUT2D eigenvalue weighted by atomic mass is 16.6. The van der Waals surface area contributed by atoms with Crippen LogP contribution in [0.15, 0.2) is 0 Å². The summed E-state index contributed by atoms with van der Waals surface area (Å²) in [6, 6.07) is 0. The second-order valence-corrected chi connectivity index (χ2v) is 8.43. The average molecular weight is 643 g/mol. The van der Waals surface area contributed by atoms with E-state index in [9.17, 15) is 19.2 Å². The normalized spacial score (nSPS) is 10.8. The van der Waals surface area contributed by atoms with Gasteiger partial charge in [0.25, 0.3) is 0 Å². The van der Waals surface area contributed by atoms with Gasteiger partial charge >= 0.3 is 12.2 Å².